The number of anilines is 1. The lowest BCUT2D eigenvalue weighted by atomic mass is 10.1. The molecule has 0 saturated heterocycles. The van der Waals surface area contributed by atoms with Crippen molar-refractivity contribution in [2.45, 2.75) is 71.6 Å². The Labute approximate surface area is 146 Å². The van der Waals surface area contributed by atoms with Crippen LogP contribution in [0.5, 0.6) is 0 Å². The molecule has 1 amide bonds. The van der Waals surface area contributed by atoms with Gasteiger partial charge in [0.2, 0.25) is 5.91 Å². The van der Waals surface area contributed by atoms with Crippen molar-refractivity contribution in [3.8, 4) is 0 Å². The molecule has 24 heavy (non-hydrogen) atoms. The Morgan fingerprint density at radius 3 is 2.21 bits per heavy atom. The van der Waals surface area contributed by atoms with E-state index in [1.165, 1.54) is 38.5 Å². The van der Waals surface area contributed by atoms with Crippen LogP contribution in [0.15, 0.2) is 24.3 Å². The summed E-state index contributed by atoms with van der Waals surface area (Å²) >= 11 is 0. The highest BCUT2D eigenvalue weighted by molar-refractivity contribution is 6.01. The van der Waals surface area contributed by atoms with Gasteiger partial charge in [0.25, 0.3) is 0 Å². The molecule has 0 radical (unpaired) electrons. The van der Waals surface area contributed by atoms with Crippen LogP contribution in [0, 0.1) is 0 Å². The van der Waals surface area contributed by atoms with Crippen molar-refractivity contribution in [2.75, 3.05) is 11.9 Å². The second-order valence-electron chi connectivity index (χ2n) is 6.04. The Morgan fingerprint density at radius 1 is 0.917 bits per heavy atom. The molecule has 1 rings (SSSR count). The number of ether oxygens (including phenoxy) is 1. The van der Waals surface area contributed by atoms with E-state index in [0.717, 1.165) is 12.8 Å². The maximum atomic E-state index is 12.1. The smallest absolute Gasteiger partial charge is 0.340 e. The summed E-state index contributed by atoms with van der Waals surface area (Å²) in [6, 6.07) is 6.97. The molecular formula is C20H31NO3. The number of esters is 1. The van der Waals surface area contributed by atoms with Crippen LogP contribution in [-0.4, -0.2) is 18.5 Å². The van der Waals surface area contributed by atoms with Crippen LogP contribution in [-0.2, 0) is 9.53 Å². The molecule has 0 aliphatic rings. The Balaban J connectivity index is 2.29. The van der Waals surface area contributed by atoms with Crippen LogP contribution >= 0.6 is 0 Å². The Morgan fingerprint density at radius 2 is 1.54 bits per heavy atom. The van der Waals surface area contributed by atoms with Gasteiger partial charge in [-0.05, 0) is 25.5 Å². The van der Waals surface area contributed by atoms with Crippen molar-refractivity contribution in [1.82, 2.24) is 0 Å². The van der Waals surface area contributed by atoms with Crippen molar-refractivity contribution in [3.05, 3.63) is 29.8 Å². The van der Waals surface area contributed by atoms with Gasteiger partial charge in [0.1, 0.15) is 0 Å². The summed E-state index contributed by atoms with van der Waals surface area (Å²) in [5.41, 5.74) is 0.934. The number of benzene rings is 1. The van der Waals surface area contributed by atoms with Crippen LogP contribution in [0.2, 0.25) is 0 Å². The molecule has 4 nitrogen and oxygen atoms in total. The standard InChI is InChI=1S/C20H31NO3/c1-3-5-6-7-8-9-10-11-16-19(22)21-18-15-13-12-14-17(18)20(23)24-4-2/h12-15H,3-11,16H2,1-2H3,(H,21,22). The number of carbonyl (C=O) groups is 2. The van der Waals surface area contributed by atoms with Crippen molar-refractivity contribution < 1.29 is 14.3 Å². The van der Waals surface area contributed by atoms with Crippen LogP contribution in [0.4, 0.5) is 5.69 Å². The number of hydrogen-bond acceptors (Lipinski definition) is 3. The monoisotopic (exact) mass is 333 g/mol. The lowest BCUT2D eigenvalue weighted by molar-refractivity contribution is -0.116. The third-order valence-corrected chi connectivity index (χ3v) is 3.95. The fraction of sp³-hybridized carbons (Fsp3) is 0.600. The summed E-state index contributed by atoms with van der Waals surface area (Å²) in [6.45, 7) is 4.30. The van der Waals surface area contributed by atoms with E-state index < -0.39 is 5.97 Å². The molecule has 1 aromatic rings. The SMILES string of the molecule is CCCCCCCCCCC(=O)Nc1ccccc1C(=O)OCC. The zero-order valence-electron chi connectivity index (χ0n) is 15.1. The number of para-hydroxylation sites is 1. The van der Waals surface area contributed by atoms with Gasteiger partial charge in [-0.1, -0.05) is 64.0 Å². The molecule has 1 N–H and O–H groups in total. The topological polar surface area (TPSA) is 55.4 Å². The maximum Gasteiger partial charge on any atom is 0.340 e. The first-order chi connectivity index (χ1) is 11.7. The number of carbonyl (C=O) groups excluding carboxylic acids is 2. The van der Waals surface area contributed by atoms with Gasteiger partial charge in [-0.25, -0.2) is 4.79 Å². The molecule has 0 bridgehead atoms. The molecular weight excluding hydrogens is 302 g/mol. The minimum atomic E-state index is -0.402. The van der Waals surface area contributed by atoms with Crippen molar-refractivity contribution in [1.29, 1.82) is 0 Å². The molecule has 0 unspecified atom stereocenters. The van der Waals surface area contributed by atoms with E-state index in [-0.39, 0.29) is 5.91 Å². The van der Waals surface area contributed by atoms with E-state index in [0.29, 0.717) is 24.3 Å². The fourth-order valence-corrected chi connectivity index (χ4v) is 2.61. The molecule has 4 heteroatoms. The predicted molar refractivity (Wildman–Crippen MR) is 98.3 cm³/mol. The first kappa shape index (κ1) is 20.2. The highest BCUT2D eigenvalue weighted by atomic mass is 16.5. The average molecular weight is 333 g/mol. The number of amides is 1. The van der Waals surface area contributed by atoms with Crippen molar-refractivity contribution >= 4 is 17.6 Å². The van der Waals surface area contributed by atoms with E-state index in [2.05, 4.69) is 12.2 Å². The van der Waals surface area contributed by atoms with Gasteiger partial charge >= 0.3 is 5.97 Å². The van der Waals surface area contributed by atoms with Gasteiger partial charge in [-0.15, -0.1) is 0 Å². The van der Waals surface area contributed by atoms with Crippen molar-refractivity contribution in [3.63, 3.8) is 0 Å². The molecule has 0 aromatic heterocycles. The normalized spacial score (nSPS) is 10.4. The molecule has 134 valence electrons. The lowest BCUT2D eigenvalue weighted by Gasteiger charge is -2.10. The number of unbranched alkanes of at least 4 members (excludes halogenated alkanes) is 7. The van der Waals surface area contributed by atoms with E-state index in [1.807, 2.05) is 0 Å². The fourth-order valence-electron chi connectivity index (χ4n) is 2.61. The molecule has 0 spiro atoms. The summed E-state index contributed by atoms with van der Waals surface area (Å²) < 4.78 is 5.01. The second-order valence-corrected chi connectivity index (χ2v) is 6.04. The van der Waals surface area contributed by atoms with E-state index in [9.17, 15) is 9.59 Å². The average Bonchev–Trinajstić information content (AvgIpc) is 2.58. The summed E-state index contributed by atoms with van der Waals surface area (Å²) in [6.07, 6.45) is 10.1. The first-order valence-corrected chi connectivity index (χ1v) is 9.25. The zero-order valence-corrected chi connectivity index (χ0v) is 15.1. The quantitative estimate of drug-likeness (QED) is 0.415. The van der Waals surface area contributed by atoms with E-state index in [4.69, 9.17) is 4.74 Å². The minimum Gasteiger partial charge on any atom is -0.462 e. The largest absolute Gasteiger partial charge is 0.462 e. The van der Waals surface area contributed by atoms with Gasteiger partial charge < -0.3 is 10.1 Å². The van der Waals surface area contributed by atoms with Crippen LogP contribution in [0.25, 0.3) is 0 Å². The molecule has 0 fully saturated rings. The van der Waals surface area contributed by atoms with E-state index >= 15 is 0 Å². The summed E-state index contributed by atoms with van der Waals surface area (Å²) in [4.78, 5) is 23.9. The number of hydrogen-bond donors (Lipinski definition) is 1. The minimum absolute atomic E-state index is 0.0438. The van der Waals surface area contributed by atoms with Gasteiger partial charge in [-0.2, -0.15) is 0 Å². The van der Waals surface area contributed by atoms with Crippen LogP contribution in [0.3, 0.4) is 0 Å². The first-order valence-electron chi connectivity index (χ1n) is 9.25. The highest BCUT2D eigenvalue weighted by Crippen LogP contribution is 2.17. The van der Waals surface area contributed by atoms with Gasteiger partial charge in [0.05, 0.1) is 17.9 Å². The molecule has 0 aliphatic heterocycles. The van der Waals surface area contributed by atoms with Gasteiger partial charge in [0.15, 0.2) is 0 Å². The molecule has 0 saturated carbocycles. The van der Waals surface area contributed by atoms with E-state index in [1.54, 1.807) is 31.2 Å². The third-order valence-electron chi connectivity index (χ3n) is 3.95. The highest BCUT2D eigenvalue weighted by Gasteiger charge is 2.13. The predicted octanol–water partition coefficient (Wildman–Crippen LogP) is 5.33. The number of rotatable bonds is 12. The molecule has 0 atom stereocenters. The molecule has 0 heterocycles. The maximum absolute atomic E-state index is 12.1. The summed E-state index contributed by atoms with van der Waals surface area (Å²) in [5, 5.41) is 2.83. The third kappa shape index (κ3) is 8.14. The zero-order chi connectivity index (χ0) is 17.6. The Kier molecular flexibility index (Phi) is 10.6. The van der Waals surface area contributed by atoms with Gasteiger partial charge in [-0.3, -0.25) is 4.79 Å². The Bertz CT molecular complexity index is 499. The Hall–Kier alpha value is -1.84. The molecule has 0 aliphatic carbocycles. The molecule has 1 aromatic carbocycles. The van der Waals surface area contributed by atoms with Crippen LogP contribution < -0.4 is 5.32 Å². The number of nitrogens with one attached hydrogen (secondary N) is 1. The lowest BCUT2D eigenvalue weighted by Crippen LogP contribution is -2.15. The van der Waals surface area contributed by atoms with Crippen LogP contribution in [0.1, 0.15) is 82.0 Å². The summed E-state index contributed by atoms with van der Waals surface area (Å²) in [7, 11) is 0. The van der Waals surface area contributed by atoms with Gasteiger partial charge in [0, 0.05) is 6.42 Å². The second kappa shape index (κ2) is 12.6. The summed E-state index contributed by atoms with van der Waals surface area (Å²) in [5.74, 6) is -0.446. The van der Waals surface area contributed by atoms with Crippen molar-refractivity contribution in [2.24, 2.45) is 0 Å².